The number of nitrogens with zero attached hydrogens (tertiary/aromatic N) is 2. The van der Waals surface area contributed by atoms with Gasteiger partial charge in [-0.15, -0.1) is 4.40 Å². The van der Waals surface area contributed by atoms with Gasteiger partial charge in [-0.05, 0) is 36.8 Å². The van der Waals surface area contributed by atoms with Crippen LogP contribution in [0.4, 0.5) is 23.2 Å². The molecule has 0 bridgehead atoms. The van der Waals surface area contributed by atoms with Gasteiger partial charge in [0.25, 0.3) is 5.91 Å². The number of rotatable bonds is 4. The van der Waals surface area contributed by atoms with Gasteiger partial charge in [-0.1, -0.05) is 24.3 Å². The molecule has 1 N–H and O–H groups in total. The van der Waals surface area contributed by atoms with Gasteiger partial charge in [-0.25, -0.2) is 4.39 Å². The molecule has 0 saturated carbocycles. The molecule has 1 amide bonds. The third kappa shape index (κ3) is 4.67. The number of nitrogens with one attached hydrogen (secondary N) is 1. The van der Waals surface area contributed by atoms with Crippen molar-refractivity contribution in [3.05, 3.63) is 77.2 Å². The third-order valence-electron chi connectivity index (χ3n) is 4.19. The van der Waals surface area contributed by atoms with E-state index in [-0.39, 0.29) is 17.8 Å². The molecule has 0 unspecified atom stereocenters. The normalized spacial score (nSPS) is 16.0. The van der Waals surface area contributed by atoms with Crippen molar-refractivity contribution >= 4 is 27.5 Å². The molecule has 3 rings (SSSR count). The van der Waals surface area contributed by atoms with Gasteiger partial charge >= 0.3 is 16.4 Å². The highest BCUT2D eigenvalue weighted by Crippen LogP contribution is 2.35. The molecule has 0 saturated heterocycles. The number of para-hydroxylation sites is 1. The maximum Gasteiger partial charge on any atom is 0.418 e. The molecular formula is C19H15F4N3O3S. The molecule has 1 heterocycles. The van der Waals surface area contributed by atoms with Crippen LogP contribution >= 0.6 is 0 Å². The summed E-state index contributed by atoms with van der Waals surface area (Å²) in [5, 5.41) is 2.16. The Balaban J connectivity index is 1.90. The van der Waals surface area contributed by atoms with Crippen molar-refractivity contribution in [3.63, 3.8) is 0 Å². The van der Waals surface area contributed by atoms with Crippen molar-refractivity contribution in [1.82, 2.24) is 4.31 Å². The van der Waals surface area contributed by atoms with Gasteiger partial charge in [0.15, 0.2) is 0 Å². The van der Waals surface area contributed by atoms with Gasteiger partial charge in [0, 0.05) is 6.20 Å². The Labute approximate surface area is 169 Å². The van der Waals surface area contributed by atoms with E-state index < -0.39 is 39.4 Å². The molecule has 0 radical (unpaired) electrons. The summed E-state index contributed by atoms with van der Waals surface area (Å²) in [7, 11) is -4.16. The molecule has 1 aliphatic heterocycles. The zero-order valence-corrected chi connectivity index (χ0v) is 16.3. The minimum absolute atomic E-state index is 0.174. The Morgan fingerprint density at radius 1 is 1.10 bits per heavy atom. The number of alkyl halides is 3. The average molecular weight is 441 g/mol. The standard InChI is InChI=1S/C19H15F4N3O3S/c1-12-15(18(27)24-17-5-3-2-4-16(17)19(21,22)23)11-26(30(28,29)25-12)10-13-6-8-14(20)9-7-13/h2-9,11H,10H2,1H3,(H,24,27). The third-order valence-corrected chi connectivity index (χ3v) is 5.52. The quantitative estimate of drug-likeness (QED) is 0.732. The first-order valence-electron chi connectivity index (χ1n) is 8.50. The number of hydrogen-bond acceptors (Lipinski definition) is 3. The molecule has 0 atom stereocenters. The summed E-state index contributed by atoms with van der Waals surface area (Å²) in [6.07, 6.45) is -3.70. The summed E-state index contributed by atoms with van der Waals surface area (Å²) in [5.74, 6) is -1.46. The van der Waals surface area contributed by atoms with Crippen LogP contribution in [0.5, 0.6) is 0 Å². The number of benzene rings is 2. The predicted molar refractivity (Wildman–Crippen MR) is 102 cm³/mol. The lowest BCUT2D eigenvalue weighted by Gasteiger charge is -2.24. The van der Waals surface area contributed by atoms with E-state index >= 15 is 0 Å². The Kier molecular flexibility index (Phi) is 5.66. The van der Waals surface area contributed by atoms with Crippen LogP contribution in [-0.4, -0.2) is 24.3 Å². The second-order valence-corrected chi connectivity index (χ2v) is 7.91. The molecule has 6 nitrogen and oxygen atoms in total. The van der Waals surface area contributed by atoms with E-state index in [1.165, 1.54) is 31.2 Å². The van der Waals surface area contributed by atoms with E-state index in [4.69, 9.17) is 0 Å². The highest BCUT2D eigenvalue weighted by Gasteiger charge is 2.34. The zero-order valence-electron chi connectivity index (χ0n) is 15.4. The van der Waals surface area contributed by atoms with Gasteiger partial charge in [0.2, 0.25) is 0 Å². The molecular weight excluding hydrogens is 426 g/mol. The predicted octanol–water partition coefficient (Wildman–Crippen LogP) is 3.89. The van der Waals surface area contributed by atoms with Crippen LogP contribution in [0, 0.1) is 5.82 Å². The largest absolute Gasteiger partial charge is 0.418 e. The van der Waals surface area contributed by atoms with Gasteiger partial charge in [0.1, 0.15) is 5.82 Å². The maximum absolute atomic E-state index is 13.1. The molecule has 11 heteroatoms. The van der Waals surface area contributed by atoms with Crippen molar-refractivity contribution in [1.29, 1.82) is 0 Å². The number of anilines is 1. The topological polar surface area (TPSA) is 78.8 Å². The fourth-order valence-corrected chi connectivity index (χ4v) is 3.83. The highest BCUT2D eigenvalue weighted by atomic mass is 32.2. The molecule has 0 spiro atoms. The van der Waals surface area contributed by atoms with Crippen LogP contribution in [0.3, 0.4) is 0 Å². The second-order valence-electron chi connectivity index (χ2n) is 6.37. The Hall–Kier alpha value is -3.21. The average Bonchev–Trinajstić information content (AvgIpc) is 2.64. The molecule has 158 valence electrons. The molecule has 0 aliphatic carbocycles. The summed E-state index contributed by atoms with van der Waals surface area (Å²) in [6.45, 7) is 1.02. The van der Waals surface area contributed by atoms with Crippen LogP contribution in [0.15, 0.2) is 64.7 Å². The first-order valence-corrected chi connectivity index (χ1v) is 9.89. The zero-order chi connectivity index (χ0) is 22.1. The second kappa shape index (κ2) is 7.90. The number of carbonyl (C=O) groups excluding carboxylic acids is 1. The van der Waals surface area contributed by atoms with Crippen LogP contribution in [-0.2, 0) is 27.7 Å². The fraction of sp³-hybridized carbons (Fsp3) is 0.158. The first kappa shape index (κ1) is 21.5. The highest BCUT2D eigenvalue weighted by molar-refractivity contribution is 7.88. The lowest BCUT2D eigenvalue weighted by Crippen LogP contribution is -2.33. The molecule has 30 heavy (non-hydrogen) atoms. The van der Waals surface area contributed by atoms with Crippen molar-refractivity contribution in [2.24, 2.45) is 4.40 Å². The summed E-state index contributed by atoms with van der Waals surface area (Å²) in [4.78, 5) is 12.6. The molecule has 1 aliphatic rings. The van der Waals surface area contributed by atoms with Crippen molar-refractivity contribution < 1.29 is 30.8 Å². The fourth-order valence-electron chi connectivity index (χ4n) is 2.73. The smallest absolute Gasteiger partial charge is 0.321 e. The van der Waals surface area contributed by atoms with E-state index in [1.54, 1.807) is 0 Å². The number of halogens is 4. The first-order chi connectivity index (χ1) is 14.0. The van der Waals surface area contributed by atoms with E-state index in [2.05, 4.69) is 9.71 Å². The number of amides is 1. The van der Waals surface area contributed by atoms with Gasteiger partial charge in [0.05, 0.1) is 29.1 Å². The van der Waals surface area contributed by atoms with E-state index in [0.717, 1.165) is 34.8 Å². The lowest BCUT2D eigenvalue weighted by molar-refractivity contribution is -0.137. The van der Waals surface area contributed by atoms with Crippen LogP contribution < -0.4 is 5.32 Å². The molecule has 0 fully saturated rings. The number of carbonyl (C=O) groups is 1. The Morgan fingerprint density at radius 2 is 1.73 bits per heavy atom. The number of hydrogen-bond donors (Lipinski definition) is 1. The van der Waals surface area contributed by atoms with Gasteiger partial charge < -0.3 is 5.32 Å². The van der Waals surface area contributed by atoms with E-state index in [0.29, 0.717) is 5.56 Å². The summed E-state index contributed by atoms with van der Waals surface area (Å²) in [5.41, 5.74) is -1.48. The van der Waals surface area contributed by atoms with Crippen molar-refractivity contribution in [3.8, 4) is 0 Å². The Morgan fingerprint density at radius 3 is 2.37 bits per heavy atom. The summed E-state index contributed by atoms with van der Waals surface area (Å²) < 4.78 is 81.4. The Bertz CT molecular complexity index is 1140. The minimum Gasteiger partial charge on any atom is -0.321 e. The minimum atomic E-state index is -4.69. The van der Waals surface area contributed by atoms with Gasteiger partial charge in [-0.2, -0.15) is 21.6 Å². The van der Waals surface area contributed by atoms with Crippen LogP contribution in [0.2, 0.25) is 0 Å². The summed E-state index contributed by atoms with van der Waals surface area (Å²) in [6, 6.07) is 9.43. The van der Waals surface area contributed by atoms with Crippen molar-refractivity contribution in [2.75, 3.05) is 5.32 Å². The SMILES string of the molecule is CC1=NS(=O)(=O)N(Cc2ccc(F)cc2)C=C1C(=O)Nc1ccccc1C(F)(F)F. The molecule has 2 aromatic carbocycles. The summed E-state index contributed by atoms with van der Waals surface area (Å²) >= 11 is 0. The van der Waals surface area contributed by atoms with E-state index in [9.17, 15) is 30.8 Å². The monoisotopic (exact) mass is 441 g/mol. The molecule has 0 aromatic heterocycles. The van der Waals surface area contributed by atoms with Gasteiger partial charge in [-0.3, -0.25) is 9.10 Å². The molecule has 2 aromatic rings. The van der Waals surface area contributed by atoms with Crippen molar-refractivity contribution in [2.45, 2.75) is 19.6 Å². The lowest BCUT2D eigenvalue weighted by atomic mass is 10.1. The van der Waals surface area contributed by atoms with E-state index in [1.807, 2.05) is 0 Å². The van der Waals surface area contributed by atoms with Crippen LogP contribution in [0.1, 0.15) is 18.1 Å². The maximum atomic E-state index is 13.1. The van der Waals surface area contributed by atoms with Crippen LogP contribution in [0.25, 0.3) is 0 Å².